The zero-order valence-electron chi connectivity index (χ0n) is 18.4. The highest BCUT2D eigenvalue weighted by atomic mass is 35.5. The number of fused-ring (bicyclic) bond motifs is 1. The van der Waals surface area contributed by atoms with Gasteiger partial charge in [0.1, 0.15) is 40.3 Å². The number of H-pyrrole nitrogens is 1. The minimum atomic E-state index is -0.856. The third-order valence-corrected chi connectivity index (χ3v) is 6.38. The monoisotopic (exact) mass is 507 g/mol. The number of benzene rings is 1. The summed E-state index contributed by atoms with van der Waals surface area (Å²) in [6.45, 7) is 0. The molecule has 3 N–H and O–H groups in total. The lowest BCUT2D eigenvalue weighted by molar-refractivity contribution is 0.570. The number of imidazole rings is 1. The molecule has 0 spiro atoms. The first kappa shape index (κ1) is 22.0. The Morgan fingerprint density at radius 2 is 2.00 bits per heavy atom. The van der Waals surface area contributed by atoms with Crippen molar-refractivity contribution < 1.29 is 8.78 Å². The van der Waals surface area contributed by atoms with E-state index in [1.54, 1.807) is 29.0 Å². The molecule has 10 nitrogen and oxygen atoms in total. The molecular weight excluding hydrogens is 492 g/mol. The number of hydrogen-bond donors (Lipinski definition) is 2. The second kappa shape index (κ2) is 8.34. The number of nitrogens with one attached hydrogen (secondary N) is 1. The number of nitrogens with zero attached hydrogens (tertiary/aromatic N) is 7. The quantitative estimate of drug-likeness (QED) is 0.381. The molecule has 0 aliphatic carbocycles. The van der Waals surface area contributed by atoms with Gasteiger partial charge in [0, 0.05) is 35.2 Å². The highest BCUT2D eigenvalue weighted by Crippen LogP contribution is 2.36. The first-order valence-electron chi connectivity index (χ1n) is 10.8. The number of aromatic nitrogens is 8. The fraction of sp³-hybridized carbons (Fsp3) is 0.130. The van der Waals surface area contributed by atoms with E-state index < -0.39 is 17.7 Å². The number of pyridine rings is 2. The molecule has 1 atom stereocenters. The van der Waals surface area contributed by atoms with Gasteiger partial charge in [0.15, 0.2) is 5.82 Å². The fourth-order valence-corrected chi connectivity index (χ4v) is 4.80. The van der Waals surface area contributed by atoms with Gasteiger partial charge in [0.2, 0.25) is 0 Å². The summed E-state index contributed by atoms with van der Waals surface area (Å²) in [6.07, 6.45) is 3.90. The normalized spacial score (nSPS) is 14.8. The lowest BCUT2D eigenvalue weighted by Crippen LogP contribution is -2.24. The zero-order valence-corrected chi connectivity index (χ0v) is 19.1. The molecule has 5 heterocycles. The van der Waals surface area contributed by atoms with Crippen molar-refractivity contribution in [2.75, 3.05) is 5.73 Å². The van der Waals surface area contributed by atoms with E-state index in [-0.39, 0.29) is 16.8 Å². The lowest BCUT2D eigenvalue weighted by atomic mass is 10.0. The van der Waals surface area contributed by atoms with E-state index in [1.807, 2.05) is 0 Å². The summed E-state index contributed by atoms with van der Waals surface area (Å²) in [7, 11) is 0. The van der Waals surface area contributed by atoms with Crippen molar-refractivity contribution in [2.24, 2.45) is 0 Å². The topological polar surface area (TPSA) is 133 Å². The molecule has 1 aliphatic rings. The molecule has 5 aromatic rings. The van der Waals surface area contributed by atoms with Crippen LogP contribution >= 0.6 is 11.6 Å². The molecule has 1 aliphatic heterocycles. The van der Waals surface area contributed by atoms with Crippen molar-refractivity contribution in [3.63, 3.8) is 0 Å². The average Bonchev–Trinajstić information content (AvgIpc) is 3.59. The summed E-state index contributed by atoms with van der Waals surface area (Å²) in [4.78, 5) is 25.1. The second-order valence-electron chi connectivity index (χ2n) is 8.29. The van der Waals surface area contributed by atoms with Crippen LogP contribution in [0.4, 0.5) is 14.6 Å². The van der Waals surface area contributed by atoms with E-state index in [9.17, 15) is 13.6 Å². The molecule has 1 aromatic carbocycles. The van der Waals surface area contributed by atoms with E-state index in [0.717, 1.165) is 16.8 Å². The van der Waals surface area contributed by atoms with Crippen LogP contribution in [0.1, 0.15) is 24.0 Å². The highest BCUT2D eigenvalue weighted by Gasteiger charge is 2.29. The maximum Gasteiger partial charge on any atom is 0.252 e. The Morgan fingerprint density at radius 3 is 2.75 bits per heavy atom. The number of anilines is 1. The zero-order chi connectivity index (χ0) is 25.0. The van der Waals surface area contributed by atoms with E-state index in [0.29, 0.717) is 52.2 Å². The van der Waals surface area contributed by atoms with Gasteiger partial charge in [-0.2, -0.15) is 4.68 Å². The van der Waals surface area contributed by atoms with E-state index in [1.165, 1.54) is 12.4 Å². The Balaban J connectivity index is 1.42. The molecule has 6 rings (SSSR count). The number of nitrogens with two attached hydrogens (primary N) is 1. The number of nitrogen functional groups attached to an aromatic ring is 1. The minimum absolute atomic E-state index is 0.0557. The Labute approximate surface area is 206 Å². The molecule has 36 heavy (non-hydrogen) atoms. The van der Waals surface area contributed by atoms with E-state index >= 15 is 0 Å². The lowest BCUT2D eigenvalue weighted by Gasteiger charge is -2.15. The van der Waals surface area contributed by atoms with Crippen LogP contribution in [-0.4, -0.2) is 39.7 Å². The summed E-state index contributed by atoms with van der Waals surface area (Å²) in [6, 6.07) is 7.98. The van der Waals surface area contributed by atoms with Crippen LogP contribution in [0.2, 0.25) is 5.15 Å². The number of aromatic amines is 1. The van der Waals surface area contributed by atoms with Crippen molar-refractivity contribution >= 4 is 17.4 Å². The Kier molecular flexibility index (Phi) is 5.11. The maximum atomic E-state index is 14.7. The number of hydrogen-bond acceptors (Lipinski definition) is 7. The summed E-state index contributed by atoms with van der Waals surface area (Å²) in [5, 5.41) is 11.1. The van der Waals surface area contributed by atoms with E-state index in [2.05, 4.69) is 30.5 Å². The molecule has 0 radical (unpaired) electrons. The number of tetrazole rings is 1. The van der Waals surface area contributed by atoms with Crippen LogP contribution < -0.4 is 11.3 Å². The van der Waals surface area contributed by atoms with Crippen LogP contribution in [0, 0.1) is 11.6 Å². The van der Waals surface area contributed by atoms with Crippen LogP contribution in [0.5, 0.6) is 0 Å². The second-order valence-corrected chi connectivity index (χ2v) is 8.67. The first-order valence-corrected chi connectivity index (χ1v) is 11.2. The van der Waals surface area contributed by atoms with Crippen molar-refractivity contribution in [1.29, 1.82) is 0 Å². The molecule has 0 fully saturated rings. The van der Waals surface area contributed by atoms with Crippen LogP contribution in [0.15, 0.2) is 53.7 Å². The Morgan fingerprint density at radius 1 is 1.14 bits per heavy atom. The van der Waals surface area contributed by atoms with Gasteiger partial charge in [-0.1, -0.05) is 11.6 Å². The Bertz CT molecular complexity index is 1660. The summed E-state index contributed by atoms with van der Waals surface area (Å²) >= 11 is 6.41. The molecule has 0 amide bonds. The van der Waals surface area contributed by atoms with E-state index in [4.69, 9.17) is 17.3 Å². The fourth-order valence-electron chi connectivity index (χ4n) is 4.56. The molecule has 13 heteroatoms. The predicted octanol–water partition coefficient (Wildman–Crippen LogP) is 3.33. The van der Waals surface area contributed by atoms with Crippen LogP contribution in [-0.2, 0) is 6.42 Å². The summed E-state index contributed by atoms with van der Waals surface area (Å²) < 4.78 is 31.6. The number of rotatable bonds is 4. The van der Waals surface area contributed by atoms with Gasteiger partial charge in [-0.3, -0.25) is 4.79 Å². The van der Waals surface area contributed by atoms with Crippen molar-refractivity contribution in [1.82, 2.24) is 39.7 Å². The Hall–Kier alpha value is -4.45. The summed E-state index contributed by atoms with van der Waals surface area (Å²) in [5.74, 6) is -0.746. The van der Waals surface area contributed by atoms with Gasteiger partial charge in [-0.05, 0) is 53.1 Å². The SMILES string of the molecule is Nc1ccc(-c2nc([C@@H]3CCc4cc(-c5cc(F)cc(F)c5-n5cnnn5)cc(=O)n43)[nH]c2Cl)cn1. The highest BCUT2D eigenvalue weighted by molar-refractivity contribution is 6.31. The smallest absolute Gasteiger partial charge is 0.252 e. The van der Waals surface area contributed by atoms with Gasteiger partial charge in [0.05, 0.1) is 6.04 Å². The molecule has 0 unspecified atom stereocenters. The molecule has 0 saturated heterocycles. The van der Waals surface area contributed by atoms with Gasteiger partial charge < -0.3 is 15.3 Å². The van der Waals surface area contributed by atoms with Gasteiger partial charge >= 0.3 is 0 Å². The van der Waals surface area contributed by atoms with Crippen molar-refractivity contribution in [3.05, 3.63) is 87.6 Å². The molecule has 4 aromatic heterocycles. The standard InChI is InChI=1S/C23H16ClF2N9O/c24-22-20(11-1-4-18(27)28-9-11)30-23(31-22)17-3-2-14-5-12(6-19(36)35(14)17)15-7-13(25)8-16(26)21(15)34-10-29-32-33-34/h1,4-10,17H,2-3H2,(H2,27,28)(H,30,31)/t17-/m0/s1. The minimum Gasteiger partial charge on any atom is -0.384 e. The largest absolute Gasteiger partial charge is 0.384 e. The molecule has 0 saturated carbocycles. The molecule has 0 bridgehead atoms. The van der Waals surface area contributed by atoms with Gasteiger partial charge in [-0.15, -0.1) is 5.10 Å². The average molecular weight is 508 g/mol. The maximum absolute atomic E-state index is 14.7. The van der Waals surface area contributed by atoms with Gasteiger partial charge in [-0.25, -0.2) is 18.7 Å². The van der Waals surface area contributed by atoms with Gasteiger partial charge in [0.25, 0.3) is 5.56 Å². The van der Waals surface area contributed by atoms with Crippen LogP contribution in [0.3, 0.4) is 0 Å². The van der Waals surface area contributed by atoms with Crippen LogP contribution in [0.25, 0.3) is 28.1 Å². The van der Waals surface area contributed by atoms with Crippen molar-refractivity contribution in [2.45, 2.75) is 18.9 Å². The first-order chi connectivity index (χ1) is 17.4. The number of halogens is 3. The third-order valence-electron chi connectivity index (χ3n) is 6.10. The predicted molar refractivity (Wildman–Crippen MR) is 126 cm³/mol. The third kappa shape index (κ3) is 3.62. The van der Waals surface area contributed by atoms with Crippen molar-refractivity contribution in [3.8, 4) is 28.1 Å². The summed E-state index contributed by atoms with van der Waals surface area (Å²) in [5.41, 5.74) is 7.64. The molecule has 180 valence electrons. The molecular formula is C23H16ClF2N9O. The number of aryl methyl sites for hydroxylation is 1.